The van der Waals surface area contributed by atoms with Crippen molar-refractivity contribution in [3.63, 3.8) is 0 Å². The first-order valence-corrected chi connectivity index (χ1v) is 6.86. The van der Waals surface area contributed by atoms with Crippen molar-refractivity contribution < 1.29 is 19.4 Å². The van der Waals surface area contributed by atoms with E-state index in [0.29, 0.717) is 12.4 Å². The van der Waals surface area contributed by atoms with Crippen molar-refractivity contribution in [2.24, 2.45) is 0 Å². The van der Waals surface area contributed by atoms with E-state index in [1.54, 1.807) is 0 Å². The number of hydrogen-bond donors (Lipinski definition) is 1. The van der Waals surface area contributed by atoms with Crippen LogP contribution in [-0.4, -0.2) is 34.4 Å². The number of benzene rings is 1. The van der Waals surface area contributed by atoms with Crippen molar-refractivity contribution in [1.29, 1.82) is 0 Å². The Labute approximate surface area is 127 Å². The molecule has 2 aromatic rings. The zero-order valence-electron chi connectivity index (χ0n) is 12.0. The number of carboxylic acids is 1. The molecule has 0 spiro atoms. The molecule has 7 heteroatoms. The van der Waals surface area contributed by atoms with Gasteiger partial charge in [-0.1, -0.05) is 6.07 Å². The summed E-state index contributed by atoms with van der Waals surface area (Å²) in [5, 5.41) is 8.85. The van der Waals surface area contributed by atoms with E-state index in [1.165, 1.54) is 12.4 Å². The van der Waals surface area contributed by atoms with E-state index in [0.717, 1.165) is 23.6 Å². The zero-order chi connectivity index (χ0) is 15.5. The second-order valence-corrected chi connectivity index (χ2v) is 4.77. The van der Waals surface area contributed by atoms with Gasteiger partial charge in [0.1, 0.15) is 5.82 Å². The van der Waals surface area contributed by atoms with Crippen LogP contribution < -0.4 is 14.4 Å². The summed E-state index contributed by atoms with van der Waals surface area (Å²) in [5.74, 6) is 1.03. The minimum atomic E-state index is -1.09. The number of nitrogens with zero attached hydrogens (tertiary/aromatic N) is 3. The predicted molar refractivity (Wildman–Crippen MR) is 78.3 cm³/mol. The van der Waals surface area contributed by atoms with Crippen LogP contribution in [-0.2, 0) is 6.54 Å². The largest absolute Gasteiger partial charge is 0.476 e. The molecule has 0 saturated carbocycles. The average Bonchev–Trinajstić information content (AvgIpc) is 3.00. The molecular formula is C15H15N3O4. The average molecular weight is 301 g/mol. The van der Waals surface area contributed by atoms with Crippen LogP contribution in [0.25, 0.3) is 0 Å². The van der Waals surface area contributed by atoms with Gasteiger partial charge in [-0.25, -0.2) is 14.8 Å². The first-order valence-electron chi connectivity index (χ1n) is 6.86. The fourth-order valence-corrected chi connectivity index (χ4v) is 2.21. The van der Waals surface area contributed by atoms with E-state index < -0.39 is 5.97 Å². The van der Waals surface area contributed by atoms with Crippen molar-refractivity contribution in [2.75, 3.05) is 18.2 Å². The third kappa shape index (κ3) is 2.78. The highest BCUT2D eigenvalue weighted by Crippen LogP contribution is 2.33. The first-order chi connectivity index (χ1) is 10.7. The molecular weight excluding hydrogens is 286 g/mol. The van der Waals surface area contributed by atoms with Gasteiger partial charge in [-0.3, -0.25) is 0 Å². The van der Waals surface area contributed by atoms with Gasteiger partial charge in [0.15, 0.2) is 17.2 Å². The molecule has 3 rings (SSSR count). The third-order valence-electron chi connectivity index (χ3n) is 3.37. The molecule has 2 heterocycles. The van der Waals surface area contributed by atoms with Gasteiger partial charge in [0.05, 0.1) is 12.4 Å². The van der Waals surface area contributed by atoms with E-state index in [2.05, 4.69) is 9.97 Å². The number of carboxylic acid groups (broad SMARTS) is 1. The summed E-state index contributed by atoms with van der Waals surface area (Å²) in [4.78, 5) is 20.9. The molecule has 0 bridgehead atoms. The Bertz CT molecular complexity index is 688. The lowest BCUT2D eigenvalue weighted by Crippen LogP contribution is -2.23. The molecule has 114 valence electrons. The molecule has 1 aliphatic rings. The maximum Gasteiger partial charge on any atom is 0.356 e. The van der Waals surface area contributed by atoms with Crippen molar-refractivity contribution in [3.8, 4) is 11.5 Å². The topological polar surface area (TPSA) is 84.8 Å². The molecule has 1 aromatic carbocycles. The monoisotopic (exact) mass is 301 g/mol. The van der Waals surface area contributed by atoms with Crippen LogP contribution in [0, 0.1) is 0 Å². The summed E-state index contributed by atoms with van der Waals surface area (Å²) in [6, 6.07) is 5.78. The van der Waals surface area contributed by atoms with Crippen molar-refractivity contribution >= 4 is 11.8 Å². The van der Waals surface area contributed by atoms with E-state index >= 15 is 0 Å². The van der Waals surface area contributed by atoms with Crippen molar-refractivity contribution in [2.45, 2.75) is 13.5 Å². The highest BCUT2D eigenvalue weighted by molar-refractivity contribution is 5.84. The quantitative estimate of drug-likeness (QED) is 0.903. The minimum Gasteiger partial charge on any atom is -0.476 e. The van der Waals surface area contributed by atoms with E-state index in [4.69, 9.17) is 14.6 Å². The molecule has 0 atom stereocenters. The number of aromatic nitrogens is 2. The maximum atomic E-state index is 10.8. The molecule has 1 aromatic heterocycles. The van der Waals surface area contributed by atoms with Crippen LogP contribution in [0.15, 0.2) is 30.6 Å². The molecule has 0 radical (unpaired) electrons. The SMILES string of the molecule is CCN(Cc1ccc2c(c1)OCO2)c1cnc(C(=O)O)cn1. The standard InChI is InChI=1S/C15H15N3O4/c1-2-18(14-7-16-11(6-17-14)15(19)20)8-10-3-4-12-13(5-10)22-9-21-12/h3-7H,2,8-9H2,1H3,(H,19,20). The fourth-order valence-electron chi connectivity index (χ4n) is 2.21. The molecule has 0 saturated heterocycles. The van der Waals surface area contributed by atoms with Crippen LogP contribution >= 0.6 is 0 Å². The lowest BCUT2D eigenvalue weighted by atomic mass is 10.2. The Kier molecular flexibility index (Phi) is 3.78. The minimum absolute atomic E-state index is 0.0668. The lowest BCUT2D eigenvalue weighted by molar-refractivity contribution is 0.0690. The van der Waals surface area contributed by atoms with Gasteiger partial charge in [-0.15, -0.1) is 0 Å². The molecule has 1 N–H and O–H groups in total. The van der Waals surface area contributed by atoms with E-state index in [-0.39, 0.29) is 12.5 Å². The Morgan fingerprint density at radius 2 is 2.09 bits per heavy atom. The lowest BCUT2D eigenvalue weighted by Gasteiger charge is -2.21. The predicted octanol–water partition coefficient (Wildman–Crippen LogP) is 1.93. The van der Waals surface area contributed by atoms with Gasteiger partial charge in [-0.2, -0.15) is 0 Å². The van der Waals surface area contributed by atoms with E-state index in [9.17, 15) is 4.79 Å². The Morgan fingerprint density at radius 3 is 2.77 bits per heavy atom. The van der Waals surface area contributed by atoms with Gasteiger partial charge in [0.2, 0.25) is 6.79 Å². The van der Waals surface area contributed by atoms with Crippen LogP contribution in [0.3, 0.4) is 0 Å². The Morgan fingerprint density at radius 1 is 1.27 bits per heavy atom. The number of carbonyl (C=O) groups is 1. The molecule has 22 heavy (non-hydrogen) atoms. The summed E-state index contributed by atoms with van der Waals surface area (Å²) in [7, 11) is 0. The van der Waals surface area contributed by atoms with Crippen molar-refractivity contribution in [3.05, 3.63) is 41.9 Å². The molecule has 1 aliphatic heterocycles. The Balaban J connectivity index is 1.78. The van der Waals surface area contributed by atoms with Gasteiger partial charge < -0.3 is 19.5 Å². The van der Waals surface area contributed by atoms with Gasteiger partial charge in [0, 0.05) is 13.1 Å². The van der Waals surface area contributed by atoms with Crippen LogP contribution in [0.4, 0.5) is 5.82 Å². The Hall–Kier alpha value is -2.83. The third-order valence-corrected chi connectivity index (χ3v) is 3.37. The summed E-state index contributed by atoms with van der Waals surface area (Å²) in [6.07, 6.45) is 2.74. The van der Waals surface area contributed by atoms with Crippen LogP contribution in [0.1, 0.15) is 23.0 Å². The van der Waals surface area contributed by atoms with E-state index in [1.807, 2.05) is 30.0 Å². The molecule has 0 aliphatic carbocycles. The highest BCUT2D eigenvalue weighted by atomic mass is 16.7. The van der Waals surface area contributed by atoms with Crippen LogP contribution in [0.5, 0.6) is 11.5 Å². The van der Waals surface area contributed by atoms with Crippen LogP contribution in [0.2, 0.25) is 0 Å². The highest BCUT2D eigenvalue weighted by Gasteiger charge is 2.15. The second-order valence-electron chi connectivity index (χ2n) is 4.77. The normalized spacial score (nSPS) is 12.2. The van der Waals surface area contributed by atoms with Crippen molar-refractivity contribution in [1.82, 2.24) is 9.97 Å². The number of aromatic carboxylic acids is 1. The summed E-state index contributed by atoms with van der Waals surface area (Å²) in [6.45, 7) is 3.59. The summed E-state index contributed by atoms with van der Waals surface area (Å²) < 4.78 is 10.7. The molecule has 0 fully saturated rings. The molecule has 0 unspecified atom stereocenters. The van der Waals surface area contributed by atoms with Gasteiger partial charge in [0.25, 0.3) is 0 Å². The summed E-state index contributed by atoms with van der Waals surface area (Å²) in [5.41, 5.74) is 0.984. The summed E-state index contributed by atoms with van der Waals surface area (Å²) >= 11 is 0. The smallest absolute Gasteiger partial charge is 0.356 e. The number of anilines is 1. The maximum absolute atomic E-state index is 10.8. The van der Waals surface area contributed by atoms with Gasteiger partial charge >= 0.3 is 5.97 Å². The number of hydrogen-bond acceptors (Lipinski definition) is 6. The number of fused-ring (bicyclic) bond motifs is 1. The number of ether oxygens (including phenoxy) is 2. The fraction of sp³-hybridized carbons (Fsp3) is 0.267. The second kappa shape index (κ2) is 5.88. The van der Waals surface area contributed by atoms with Gasteiger partial charge in [-0.05, 0) is 24.6 Å². The molecule has 7 nitrogen and oxygen atoms in total. The first kappa shape index (κ1) is 14.1. The zero-order valence-corrected chi connectivity index (χ0v) is 12.0. The molecule has 0 amide bonds. The number of rotatable bonds is 5.